The van der Waals surface area contributed by atoms with Gasteiger partial charge in [-0.05, 0) is 60.3 Å². The summed E-state index contributed by atoms with van der Waals surface area (Å²) in [6, 6.07) is 17.8. The third-order valence-corrected chi connectivity index (χ3v) is 6.14. The number of hydrogen-bond acceptors (Lipinski definition) is 6. The molecule has 1 N–H and O–H groups in total. The molecule has 0 radical (unpaired) electrons. The number of ether oxygens (including phenoxy) is 1. The summed E-state index contributed by atoms with van der Waals surface area (Å²) in [6.07, 6.45) is 1.47. The standard InChI is InChI=1S/C23H14Cl2N4O3S/c24-13-6-8-16(18(25)10-13)19-9-7-15(32-19)11-17-21(26)29-23(27-22(17)30)33-20(28-29)12-31-14-4-2-1-3-5-14/h1-11,26H,12H2/b17-11+,26-21?. The largest absolute Gasteiger partial charge is 0.487 e. The van der Waals surface area contributed by atoms with Crippen LogP contribution in [-0.4, -0.2) is 33.6 Å². The van der Waals surface area contributed by atoms with Crippen molar-refractivity contribution in [3.63, 3.8) is 0 Å². The molecule has 0 unspecified atom stereocenters. The van der Waals surface area contributed by atoms with E-state index in [4.69, 9.17) is 37.8 Å². The highest BCUT2D eigenvalue weighted by Gasteiger charge is 2.36. The summed E-state index contributed by atoms with van der Waals surface area (Å²) >= 11 is 13.4. The normalized spacial score (nSPS) is 16.7. The molecule has 10 heteroatoms. The number of para-hydroxylation sites is 1. The van der Waals surface area contributed by atoms with Gasteiger partial charge in [0.2, 0.25) is 5.17 Å². The van der Waals surface area contributed by atoms with E-state index < -0.39 is 5.91 Å². The lowest BCUT2D eigenvalue weighted by Crippen LogP contribution is -2.35. The lowest BCUT2D eigenvalue weighted by Gasteiger charge is -2.19. The van der Waals surface area contributed by atoms with Gasteiger partial charge in [-0.3, -0.25) is 10.2 Å². The van der Waals surface area contributed by atoms with Crippen molar-refractivity contribution in [1.82, 2.24) is 5.01 Å². The average molecular weight is 497 g/mol. The van der Waals surface area contributed by atoms with Crippen LogP contribution < -0.4 is 4.74 Å². The number of carbonyl (C=O) groups is 1. The van der Waals surface area contributed by atoms with Crippen molar-refractivity contribution >= 4 is 63.0 Å². The van der Waals surface area contributed by atoms with Gasteiger partial charge in [-0.25, -0.2) is 0 Å². The Morgan fingerprint density at radius 1 is 1.12 bits per heavy atom. The first kappa shape index (κ1) is 21.5. The maximum atomic E-state index is 12.6. The smallest absolute Gasteiger partial charge is 0.283 e. The highest BCUT2D eigenvalue weighted by molar-refractivity contribution is 8.27. The second kappa shape index (κ2) is 8.90. The molecule has 0 aliphatic carbocycles. The predicted octanol–water partition coefficient (Wildman–Crippen LogP) is 5.95. The Morgan fingerprint density at radius 2 is 1.94 bits per heavy atom. The first-order valence-corrected chi connectivity index (χ1v) is 11.3. The third kappa shape index (κ3) is 4.45. The molecule has 0 saturated carbocycles. The van der Waals surface area contributed by atoms with Crippen molar-refractivity contribution in [3.8, 4) is 17.1 Å². The maximum absolute atomic E-state index is 12.6. The van der Waals surface area contributed by atoms with Crippen LogP contribution in [0, 0.1) is 5.41 Å². The number of benzene rings is 2. The van der Waals surface area contributed by atoms with Gasteiger partial charge in [-0.15, -0.1) is 0 Å². The SMILES string of the molecule is N=C1/C(=C\c2ccc(-c3ccc(Cl)cc3Cl)o2)C(=O)N=C2SC(COc3ccccc3)=NN12. The van der Waals surface area contributed by atoms with Crippen molar-refractivity contribution in [3.05, 3.63) is 82.0 Å². The fraction of sp³-hybridized carbons (Fsp3) is 0.0435. The molecule has 164 valence electrons. The molecule has 33 heavy (non-hydrogen) atoms. The van der Waals surface area contributed by atoms with Gasteiger partial charge in [0.15, 0.2) is 5.84 Å². The number of rotatable bonds is 5. The number of thioether (sulfide) groups is 1. The molecule has 0 fully saturated rings. The number of hydrogen-bond donors (Lipinski definition) is 1. The van der Waals surface area contributed by atoms with Crippen LogP contribution >= 0.6 is 35.0 Å². The van der Waals surface area contributed by atoms with E-state index in [2.05, 4.69) is 10.1 Å². The molecule has 5 rings (SSSR count). The summed E-state index contributed by atoms with van der Waals surface area (Å²) in [6.45, 7) is 0.202. The van der Waals surface area contributed by atoms with Gasteiger partial charge in [0.25, 0.3) is 5.91 Å². The van der Waals surface area contributed by atoms with Gasteiger partial charge in [0, 0.05) is 10.6 Å². The number of furan rings is 1. The van der Waals surface area contributed by atoms with E-state index in [9.17, 15) is 4.79 Å². The number of hydrazone groups is 1. The average Bonchev–Trinajstić information content (AvgIpc) is 3.43. The molecular weight excluding hydrogens is 483 g/mol. The number of aliphatic imine (C=N–C) groups is 1. The molecule has 2 aliphatic heterocycles. The minimum atomic E-state index is -0.540. The van der Waals surface area contributed by atoms with Gasteiger partial charge in [-0.1, -0.05) is 41.4 Å². The fourth-order valence-corrected chi connectivity index (χ4v) is 4.46. The lowest BCUT2D eigenvalue weighted by atomic mass is 10.1. The Balaban J connectivity index is 1.35. The molecule has 3 heterocycles. The number of amides is 1. The van der Waals surface area contributed by atoms with Gasteiger partial charge < -0.3 is 9.15 Å². The fourth-order valence-electron chi connectivity index (χ4n) is 3.16. The zero-order chi connectivity index (χ0) is 22.9. The van der Waals surface area contributed by atoms with Crippen LogP contribution in [0.25, 0.3) is 17.4 Å². The first-order valence-electron chi connectivity index (χ1n) is 9.70. The summed E-state index contributed by atoms with van der Waals surface area (Å²) in [5.74, 6) is 0.967. The molecule has 3 aromatic rings. The Labute approximate surface area is 202 Å². The molecule has 0 spiro atoms. The number of nitrogens with one attached hydrogen (secondary N) is 1. The number of amidine groups is 2. The quantitative estimate of drug-likeness (QED) is 0.440. The van der Waals surface area contributed by atoms with E-state index in [1.807, 2.05) is 30.3 Å². The first-order chi connectivity index (χ1) is 16.0. The highest BCUT2D eigenvalue weighted by atomic mass is 35.5. The number of fused-ring (bicyclic) bond motifs is 1. The van der Waals surface area contributed by atoms with Crippen molar-refractivity contribution in [2.24, 2.45) is 10.1 Å². The summed E-state index contributed by atoms with van der Waals surface area (Å²) in [5.41, 5.74) is 0.733. The number of halogens is 2. The minimum absolute atomic E-state index is 0.0661. The van der Waals surface area contributed by atoms with Crippen molar-refractivity contribution in [2.75, 3.05) is 6.61 Å². The zero-order valence-corrected chi connectivity index (χ0v) is 19.1. The highest BCUT2D eigenvalue weighted by Crippen LogP contribution is 2.33. The zero-order valence-electron chi connectivity index (χ0n) is 16.8. The van der Waals surface area contributed by atoms with Crippen LogP contribution in [-0.2, 0) is 4.79 Å². The molecule has 0 saturated heterocycles. The molecule has 1 amide bonds. The summed E-state index contributed by atoms with van der Waals surface area (Å²) in [4.78, 5) is 16.7. The van der Waals surface area contributed by atoms with Crippen molar-refractivity contribution in [2.45, 2.75) is 0 Å². The summed E-state index contributed by atoms with van der Waals surface area (Å²) in [5, 5.41) is 16.1. The van der Waals surface area contributed by atoms with E-state index in [0.29, 0.717) is 43.1 Å². The number of carbonyl (C=O) groups excluding carboxylic acids is 1. The molecule has 2 aliphatic rings. The van der Waals surface area contributed by atoms with Crippen LogP contribution in [0.4, 0.5) is 0 Å². The van der Waals surface area contributed by atoms with E-state index >= 15 is 0 Å². The predicted molar refractivity (Wildman–Crippen MR) is 131 cm³/mol. The lowest BCUT2D eigenvalue weighted by molar-refractivity contribution is -0.114. The summed E-state index contributed by atoms with van der Waals surface area (Å²) in [7, 11) is 0. The van der Waals surface area contributed by atoms with Crippen molar-refractivity contribution in [1.29, 1.82) is 5.41 Å². The van der Waals surface area contributed by atoms with Crippen LogP contribution in [0.5, 0.6) is 5.75 Å². The van der Waals surface area contributed by atoms with E-state index in [1.54, 1.807) is 30.3 Å². The molecule has 7 nitrogen and oxygen atoms in total. The van der Waals surface area contributed by atoms with E-state index in [-0.39, 0.29) is 18.0 Å². The minimum Gasteiger partial charge on any atom is -0.487 e. The maximum Gasteiger partial charge on any atom is 0.283 e. The van der Waals surface area contributed by atoms with Crippen LogP contribution in [0.15, 0.2) is 80.7 Å². The van der Waals surface area contributed by atoms with Crippen LogP contribution in [0.1, 0.15) is 5.76 Å². The van der Waals surface area contributed by atoms with Crippen molar-refractivity contribution < 1.29 is 13.9 Å². The Morgan fingerprint density at radius 3 is 2.73 bits per heavy atom. The molecule has 0 atom stereocenters. The molecule has 2 aromatic carbocycles. The van der Waals surface area contributed by atoms with Gasteiger partial charge in [0.05, 0.1) is 10.6 Å². The van der Waals surface area contributed by atoms with Gasteiger partial charge >= 0.3 is 0 Å². The molecule has 1 aromatic heterocycles. The Hall–Kier alpha value is -3.33. The second-order valence-corrected chi connectivity index (χ2v) is 8.83. The van der Waals surface area contributed by atoms with Gasteiger partial charge in [0.1, 0.15) is 28.9 Å². The molecule has 0 bridgehead atoms. The van der Waals surface area contributed by atoms with Gasteiger partial charge in [-0.2, -0.15) is 15.1 Å². The monoisotopic (exact) mass is 496 g/mol. The van der Waals surface area contributed by atoms with Crippen LogP contribution in [0.2, 0.25) is 10.0 Å². The third-order valence-electron chi connectivity index (χ3n) is 4.71. The van der Waals surface area contributed by atoms with E-state index in [1.165, 1.54) is 22.8 Å². The Bertz CT molecular complexity index is 1370. The number of nitrogens with zero attached hydrogens (tertiary/aromatic N) is 3. The molecular formula is C23H14Cl2N4O3S. The Kier molecular flexibility index (Phi) is 5.80. The summed E-state index contributed by atoms with van der Waals surface area (Å²) < 4.78 is 11.5. The van der Waals surface area contributed by atoms with E-state index in [0.717, 1.165) is 0 Å². The topological polar surface area (TPSA) is 91.2 Å². The second-order valence-electron chi connectivity index (χ2n) is 6.94. The van der Waals surface area contributed by atoms with Crippen LogP contribution in [0.3, 0.4) is 0 Å².